The number of halogens is 1. The van der Waals surface area contributed by atoms with Gasteiger partial charge in [-0.25, -0.2) is 12.8 Å². The lowest BCUT2D eigenvalue weighted by molar-refractivity contribution is 0.247. The van der Waals surface area contributed by atoms with Gasteiger partial charge in [-0.1, -0.05) is 6.07 Å². The third kappa shape index (κ3) is 2.80. The SMILES string of the molecule is Cc1ccc(S(=O)(=O)N2CC[C@H](N)C[C@@H]2C)cc1F. The monoisotopic (exact) mass is 286 g/mol. The molecule has 0 radical (unpaired) electrons. The van der Waals surface area contributed by atoms with Crippen LogP contribution in [-0.2, 0) is 10.0 Å². The molecule has 0 spiro atoms. The number of sulfonamides is 1. The van der Waals surface area contributed by atoms with E-state index in [0.29, 0.717) is 24.9 Å². The molecule has 2 atom stereocenters. The van der Waals surface area contributed by atoms with Crippen molar-refractivity contribution in [1.82, 2.24) is 4.31 Å². The second-order valence-electron chi connectivity index (χ2n) is 5.16. The summed E-state index contributed by atoms with van der Waals surface area (Å²) in [4.78, 5) is 0.0120. The van der Waals surface area contributed by atoms with Gasteiger partial charge in [-0.05, 0) is 44.4 Å². The Morgan fingerprint density at radius 1 is 1.42 bits per heavy atom. The Balaban J connectivity index is 2.34. The van der Waals surface area contributed by atoms with Crippen LogP contribution in [0.15, 0.2) is 23.1 Å². The second kappa shape index (κ2) is 5.19. The predicted molar refractivity (Wildman–Crippen MR) is 71.7 cm³/mol. The van der Waals surface area contributed by atoms with Crippen LogP contribution in [0.1, 0.15) is 25.3 Å². The van der Waals surface area contributed by atoms with Gasteiger partial charge >= 0.3 is 0 Å². The summed E-state index contributed by atoms with van der Waals surface area (Å²) in [7, 11) is -3.64. The molecule has 19 heavy (non-hydrogen) atoms. The zero-order chi connectivity index (χ0) is 14.2. The maximum Gasteiger partial charge on any atom is 0.243 e. The molecule has 1 aromatic rings. The largest absolute Gasteiger partial charge is 0.328 e. The van der Waals surface area contributed by atoms with Gasteiger partial charge in [0.1, 0.15) is 5.82 Å². The molecule has 1 aliphatic heterocycles. The molecule has 0 bridgehead atoms. The van der Waals surface area contributed by atoms with E-state index < -0.39 is 15.8 Å². The molecule has 1 saturated heterocycles. The van der Waals surface area contributed by atoms with Crippen LogP contribution in [0.3, 0.4) is 0 Å². The Hall–Kier alpha value is -0.980. The predicted octanol–water partition coefficient (Wildman–Crippen LogP) is 1.63. The maximum absolute atomic E-state index is 13.5. The van der Waals surface area contributed by atoms with Gasteiger partial charge in [0, 0.05) is 18.6 Å². The molecule has 2 N–H and O–H groups in total. The molecular formula is C13H19FN2O2S. The molecule has 6 heteroatoms. The van der Waals surface area contributed by atoms with Crippen LogP contribution in [0, 0.1) is 12.7 Å². The minimum absolute atomic E-state index is 0.0120. The smallest absolute Gasteiger partial charge is 0.243 e. The first kappa shape index (κ1) is 14.4. The Kier molecular flexibility index (Phi) is 3.94. The zero-order valence-corrected chi connectivity index (χ0v) is 12.0. The van der Waals surface area contributed by atoms with E-state index in [0.717, 1.165) is 6.07 Å². The number of nitrogens with zero attached hydrogens (tertiary/aromatic N) is 1. The van der Waals surface area contributed by atoms with E-state index in [1.165, 1.54) is 16.4 Å². The molecule has 1 fully saturated rings. The van der Waals surface area contributed by atoms with E-state index in [-0.39, 0.29) is 17.0 Å². The van der Waals surface area contributed by atoms with Gasteiger partial charge in [0.05, 0.1) is 4.90 Å². The summed E-state index contributed by atoms with van der Waals surface area (Å²) in [5.74, 6) is -0.498. The number of piperidine rings is 1. The Morgan fingerprint density at radius 2 is 2.11 bits per heavy atom. The second-order valence-corrected chi connectivity index (χ2v) is 7.05. The quantitative estimate of drug-likeness (QED) is 0.899. The molecule has 0 unspecified atom stereocenters. The lowest BCUT2D eigenvalue weighted by atomic mass is 10.0. The molecule has 106 valence electrons. The van der Waals surface area contributed by atoms with Gasteiger partial charge in [0.2, 0.25) is 10.0 Å². The van der Waals surface area contributed by atoms with Gasteiger partial charge in [0.15, 0.2) is 0 Å². The number of hydrogen-bond acceptors (Lipinski definition) is 3. The minimum Gasteiger partial charge on any atom is -0.328 e. The van der Waals surface area contributed by atoms with Gasteiger partial charge < -0.3 is 5.73 Å². The Labute approximate surface area is 113 Å². The number of rotatable bonds is 2. The first-order chi connectivity index (χ1) is 8.82. The van der Waals surface area contributed by atoms with Crippen LogP contribution >= 0.6 is 0 Å². The van der Waals surface area contributed by atoms with Crippen molar-refractivity contribution in [2.75, 3.05) is 6.54 Å². The molecule has 2 rings (SSSR count). The Morgan fingerprint density at radius 3 is 2.68 bits per heavy atom. The molecule has 1 heterocycles. The number of aryl methyl sites for hydroxylation is 1. The fourth-order valence-electron chi connectivity index (χ4n) is 2.41. The Bertz CT molecular complexity index is 574. The first-order valence-electron chi connectivity index (χ1n) is 6.36. The van der Waals surface area contributed by atoms with Gasteiger partial charge in [-0.2, -0.15) is 4.31 Å². The van der Waals surface area contributed by atoms with Crippen LogP contribution in [-0.4, -0.2) is 31.4 Å². The summed E-state index contributed by atoms with van der Waals surface area (Å²) >= 11 is 0. The van der Waals surface area contributed by atoms with E-state index in [1.807, 2.05) is 6.92 Å². The van der Waals surface area contributed by atoms with Crippen LogP contribution in [0.2, 0.25) is 0 Å². The fourth-order valence-corrected chi connectivity index (χ4v) is 4.08. The molecule has 0 amide bonds. The highest BCUT2D eigenvalue weighted by Crippen LogP contribution is 2.25. The molecular weight excluding hydrogens is 267 g/mol. The minimum atomic E-state index is -3.64. The van der Waals surface area contributed by atoms with Crippen molar-refractivity contribution < 1.29 is 12.8 Å². The molecule has 1 aliphatic rings. The molecule has 0 aliphatic carbocycles. The highest BCUT2D eigenvalue weighted by molar-refractivity contribution is 7.89. The average Bonchev–Trinajstić information content (AvgIpc) is 2.32. The van der Waals surface area contributed by atoms with Gasteiger partial charge in [0.25, 0.3) is 0 Å². The lowest BCUT2D eigenvalue weighted by Crippen LogP contribution is -2.48. The fraction of sp³-hybridized carbons (Fsp3) is 0.538. The van der Waals surface area contributed by atoms with Gasteiger partial charge in [-0.3, -0.25) is 0 Å². The van der Waals surface area contributed by atoms with Crippen molar-refractivity contribution >= 4 is 10.0 Å². The molecule has 1 aromatic carbocycles. The third-order valence-corrected chi connectivity index (χ3v) is 5.62. The number of hydrogen-bond donors (Lipinski definition) is 1. The van der Waals surface area contributed by atoms with Crippen molar-refractivity contribution in [1.29, 1.82) is 0 Å². The van der Waals surface area contributed by atoms with Gasteiger partial charge in [-0.15, -0.1) is 0 Å². The highest BCUT2D eigenvalue weighted by Gasteiger charge is 2.33. The van der Waals surface area contributed by atoms with Crippen LogP contribution in [0.5, 0.6) is 0 Å². The molecule has 4 nitrogen and oxygen atoms in total. The maximum atomic E-state index is 13.5. The summed E-state index contributed by atoms with van der Waals surface area (Å²) in [6, 6.07) is 3.91. The summed E-state index contributed by atoms with van der Waals surface area (Å²) < 4.78 is 39.9. The number of benzene rings is 1. The topological polar surface area (TPSA) is 63.4 Å². The summed E-state index contributed by atoms with van der Waals surface area (Å²) in [5, 5.41) is 0. The zero-order valence-electron chi connectivity index (χ0n) is 11.1. The summed E-state index contributed by atoms with van der Waals surface area (Å²) in [5.41, 5.74) is 6.27. The van der Waals surface area contributed by atoms with E-state index in [2.05, 4.69) is 0 Å². The van der Waals surface area contributed by atoms with Crippen molar-refractivity contribution in [2.45, 2.75) is 43.7 Å². The molecule has 0 aromatic heterocycles. The molecule has 0 saturated carbocycles. The van der Waals surface area contributed by atoms with Crippen molar-refractivity contribution in [3.8, 4) is 0 Å². The van der Waals surface area contributed by atoms with E-state index in [9.17, 15) is 12.8 Å². The van der Waals surface area contributed by atoms with Crippen molar-refractivity contribution in [3.63, 3.8) is 0 Å². The van der Waals surface area contributed by atoms with Crippen LogP contribution < -0.4 is 5.73 Å². The third-order valence-electron chi connectivity index (χ3n) is 3.61. The van der Waals surface area contributed by atoms with Crippen LogP contribution in [0.25, 0.3) is 0 Å². The van der Waals surface area contributed by atoms with E-state index >= 15 is 0 Å². The number of nitrogens with two attached hydrogens (primary N) is 1. The van der Waals surface area contributed by atoms with Crippen molar-refractivity contribution in [3.05, 3.63) is 29.6 Å². The van der Waals surface area contributed by atoms with Crippen LogP contribution in [0.4, 0.5) is 4.39 Å². The normalized spacial score (nSPS) is 25.5. The van der Waals surface area contributed by atoms with E-state index in [4.69, 9.17) is 5.73 Å². The highest BCUT2D eigenvalue weighted by atomic mass is 32.2. The van der Waals surface area contributed by atoms with E-state index in [1.54, 1.807) is 6.92 Å². The lowest BCUT2D eigenvalue weighted by Gasteiger charge is -2.35. The first-order valence-corrected chi connectivity index (χ1v) is 7.80. The average molecular weight is 286 g/mol. The van der Waals surface area contributed by atoms with Crippen molar-refractivity contribution in [2.24, 2.45) is 5.73 Å². The standard InChI is InChI=1S/C13H19FN2O2S/c1-9-3-4-12(8-13(9)14)19(17,18)16-6-5-11(15)7-10(16)2/h3-4,8,10-11H,5-7,15H2,1-2H3/t10-,11-/m0/s1. The summed E-state index contributed by atoms with van der Waals surface area (Å²) in [6.07, 6.45) is 1.27. The summed E-state index contributed by atoms with van der Waals surface area (Å²) in [6.45, 7) is 3.83.